The number of benzene rings is 1. The molecule has 1 amide bonds. The van der Waals surface area contributed by atoms with Gasteiger partial charge in [0.25, 0.3) is 15.9 Å². The number of thiazole rings is 1. The molecule has 1 aliphatic heterocycles. The van der Waals surface area contributed by atoms with Crippen LogP contribution in [0.3, 0.4) is 0 Å². The number of rotatable bonds is 4. The van der Waals surface area contributed by atoms with Crippen LogP contribution in [0.2, 0.25) is 5.02 Å². The van der Waals surface area contributed by atoms with Gasteiger partial charge in [-0.15, -0.1) is 11.3 Å². The number of carbonyl (C=O) groups is 1. The van der Waals surface area contributed by atoms with E-state index in [1.165, 1.54) is 21.7 Å². The van der Waals surface area contributed by atoms with Crippen LogP contribution in [0.5, 0.6) is 0 Å². The van der Waals surface area contributed by atoms with Crippen LogP contribution in [0.1, 0.15) is 15.4 Å². The second-order valence-electron chi connectivity index (χ2n) is 7.61. The average Bonchev–Trinajstić information content (AvgIpc) is 3.43. The van der Waals surface area contributed by atoms with Crippen molar-refractivity contribution in [1.82, 2.24) is 19.2 Å². The molecule has 1 aliphatic rings. The van der Waals surface area contributed by atoms with E-state index in [4.69, 9.17) is 16.0 Å². The Labute approximate surface area is 199 Å². The van der Waals surface area contributed by atoms with Crippen LogP contribution in [-0.2, 0) is 10.0 Å². The smallest absolute Gasteiger partial charge is 0.276 e. The predicted molar refractivity (Wildman–Crippen MR) is 126 cm³/mol. The predicted octanol–water partition coefficient (Wildman–Crippen LogP) is 4.06. The molecule has 1 aromatic carbocycles. The number of piperazine rings is 1. The summed E-state index contributed by atoms with van der Waals surface area (Å²) < 4.78 is 33.1. The second-order valence-corrected chi connectivity index (χ2v) is 10.9. The Kier molecular flexibility index (Phi) is 5.69. The first-order valence-electron chi connectivity index (χ1n) is 10.2. The van der Waals surface area contributed by atoms with Crippen molar-refractivity contribution in [3.63, 3.8) is 0 Å². The summed E-state index contributed by atoms with van der Waals surface area (Å²) in [4.78, 5) is 23.9. The molecular weight excluding hydrogens is 484 g/mol. The van der Waals surface area contributed by atoms with Crippen molar-refractivity contribution in [2.75, 3.05) is 26.2 Å². The maximum Gasteiger partial charge on any atom is 0.276 e. The number of aromatic nitrogens is 2. The zero-order valence-electron chi connectivity index (χ0n) is 17.6. The maximum atomic E-state index is 13.1. The summed E-state index contributed by atoms with van der Waals surface area (Å²) >= 11 is 7.32. The first-order chi connectivity index (χ1) is 15.8. The molecule has 1 fully saturated rings. The van der Waals surface area contributed by atoms with Gasteiger partial charge in [0.15, 0.2) is 0 Å². The summed E-state index contributed by atoms with van der Waals surface area (Å²) in [6, 6.07) is 10.1. The van der Waals surface area contributed by atoms with Gasteiger partial charge >= 0.3 is 0 Å². The minimum absolute atomic E-state index is 0.125. The van der Waals surface area contributed by atoms with Crippen molar-refractivity contribution in [2.45, 2.75) is 12.0 Å². The third-order valence-electron chi connectivity index (χ3n) is 5.49. The van der Waals surface area contributed by atoms with Gasteiger partial charge in [-0.25, -0.2) is 13.4 Å². The van der Waals surface area contributed by atoms with E-state index in [9.17, 15) is 13.2 Å². The van der Waals surface area contributed by atoms with Crippen LogP contribution < -0.4 is 0 Å². The van der Waals surface area contributed by atoms with Crippen LogP contribution in [0, 0.1) is 6.92 Å². The van der Waals surface area contributed by atoms with Crippen LogP contribution in [0.4, 0.5) is 0 Å². The highest BCUT2D eigenvalue weighted by atomic mass is 35.5. The van der Waals surface area contributed by atoms with Gasteiger partial charge in [-0.1, -0.05) is 11.6 Å². The van der Waals surface area contributed by atoms with Gasteiger partial charge in [0.2, 0.25) is 5.09 Å². The third-order valence-corrected chi connectivity index (χ3v) is 8.68. The summed E-state index contributed by atoms with van der Waals surface area (Å²) in [5.41, 5.74) is 2.02. The topological polar surface area (TPSA) is 96.6 Å². The standard InChI is InChI=1S/C22H19ClN4O4S2/c1-14-20(32-21(25-14)15-4-6-24-7-5-15)22(28)26-8-10-27(11-9-26)33(29,30)19-13-16-12-17(23)2-3-18(16)31-19/h2-7,12-13H,8-11H2,1H3. The molecule has 0 N–H and O–H groups in total. The number of aryl methyl sites for hydroxylation is 1. The number of furan rings is 1. The number of halogens is 1. The Morgan fingerprint density at radius 3 is 2.55 bits per heavy atom. The van der Waals surface area contributed by atoms with E-state index in [2.05, 4.69) is 9.97 Å². The minimum atomic E-state index is -3.82. The molecule has 0 radical (unpaired) electrons. The summed E-state index contributed by atoms with van der Waals surface area (Å²) in [5, 5.41) is 1.76. The monoisotopic (exact) mass is 502 g/mol. The van der Waals surface area contributed by atoms with Gasteiger partial charge in [0.05, 0.1) is 5.69 Å². The molecule has 33 heavy (non-hydrogen) atoms. The number of amides is 1. The fourth-order valence-corrected chi connectivity index (χ4v) is 6.32. The number of pyridine rings is 1. The van der Waals surface area contributed by atoms with Gasteiger partial charge in [-0.2, -0.15) is 4.31 Å². The highest BCUT2D eigenvalue weighted by molar-refractivity contribution is 7.89. The third kappa shape index (κ3) is 4.15. The lowest BCUT2D eigenvalue weighted by Crippen LogP contribution is -2.50. The SMILES string of the molecule is Cc1nc(-c2ccncc2)sc1C(=O)N1CCN(S(=O)(=O)c2cc3cc(Cl)ccc3o2)CC1. The number of sulfonamides is 1. The molecule has 5 rings (SSSR count). The van der Waals surface area contributed by atoms with Crippen LogP contribution >= 0.6 is 22.9 Å². The van der Waals surface area contributed by atoms with E-state index in [0.717, 1.165) is 10.6 Å². The molecule has 1 saturated heterocycles. The van der Waals surface area contributed by atoms with Gasteiger partial charge in [-0.3, -0.25) is 9.78 Å². The minimum Gasteiger partial charge on any atom is -0.443 e. The van der Waals surface area contributed by atoms with Crippen LogP contribution in [0.25, 0.3) is 21.5 Å². The number of hydrogen-bond acceptors (Lipinski definition) is 7. The van der Waals surface area contributed by atoms with E-state index in [0.29, 0.717) is 26.6 Å². The fraction of sp³-hybridized carbons (Fsp3) is 0.227. The molecule has 11 heteroatoms. The molecule has 0 aliphatic carbocycles. The molecule has 8 nitrogen and oxygen atoms in total. The zero-order valence-corrected chi connectivity index (χ0v) is 20.0. The first-order valence-corrected chi connectivity index (χ1v) is 12.8. The van der Waals surface area contributed by atoms with E-state index in [1.54, 1.807) is 35.5 Å². The zero-order chi connectivity index (χ0) is 23.2. The second kappa shape index (κ2) is 8.53. The highest BCUT2D eigenvalue weighted by Crippen LogP contribution is 2.30. The molecule has 170 valence electrons. The van der Waals surface area contributed by atoms with E-state index in [1.807, 2.05) is 19.1 Å². The Morgan fingerprint density at radius 2 is 1.82 bits per heavy atom. The van der Waals surface area contributed by atoms with Gasteiger partial charge in [0, 0.05) is 60.6 Å². The largest absolute Gasteiger partial charge is 0.443 e. The quantitative estimate of drug-likeness (QED) is 0.417. The summed E-state index contributed by atoms with van der Waals surface area (Å²) in [7, 11) is -3.82. The van der Waals surface area contributed by atoms with E-state index >= 15 is 0 Å². The number of hydrogen-bond donors (Lipinski definition) is 0. The van der Waals surface area contributed by atoms with Crippen molar-refractivity contribution in [3.8, 4) is 10.6 Å². The molecule has 0 spiro atoms. The Hall–Kier alpha value is -2.79. The highest BCUT2D eigenvalue weighted by Gasteiger charge is 2.33. The summed E-state index contributed by atoms with van der Waals surface area (Å²) in [6.07, 6.45) is 3.37. The van der Waals surface area contributed by atoms with E-state index < -0.39 is 10.0 Å². The summed E-state index contributed by atoms with van der Waals surface area (Å²) in [5.74, 6) is -0.138. The van der Waals surface area contributed by atoms with Crippen molar-refractivity contribution >= 4 is 49.8 Å². The average molecular weight is 503 g/mol. The molecule has 3 aromatic heterocycles. The van der Waals surface area contributed by atoms with Crippen molar-refractivity contribution in [1.29, 1.82) is 0 Å². The Balaban J connectivity index is 1.30. The molecule has 0 saturated carbocycles. The lowest BCUT2D eigenvalue weighted by Gasteiger charge is -2.33. The van der Waals surface area contributed by atoms with Crippen LogP contribution in [0.15, 0.2) is 58.3 Å². The summed E-state index contributed by atoms with van der Waals surface area (Å²) in [6.45, 7) is 2.74. The first kappa shape index (κ1) is 22.0. The molecule has 0 bridgehead atoms. The van der Waals surface area contributed by atoms with Gasteiger partial charge in [-0.05, 0) is 37.3 Å². The Morgan fingerprint density at radius 1 is 1.09 bits per heavy atom. The molecule has 4 aromatic rings. The molecule has 0 unspecified atom stereocenters. The van der Waals surface area contributed by atoms with Gasteiger partial charge < -0.3 is 9.32 Å². The lowest BCUT2D eigenvalue weighted by molar-refractivity contribution is 0.0701. The van der Waals surface area contributed by atoms with Gasteiger partial charge in [0.1, 0.15) is 15.5 Å². The molecule has 0 atom stereocenters. The lowest BCUT2D eigenvalue weighted by atomic mass is 10.3. The number of carbonyl (C=O) groups excluding carboxylic acids is 1. The van der Waals surface area contributed by atoms with Crippen molar-refractivity contribution < 1.29 is 17.6 Å². The molecular formula is C22H19ClN4O4S2. The molecule has 4 heterocycles. The van der Waals surface area contributed by atoms with Crippen molar-refractivity contribution in [3.05, 3.63) is 64.4 Å². The number of fused-ring (bicyclic) bond motifs is 1. The Bertz CT molecular complexity index is 1440. The normalized spacial score (nSPS) is 15.3. The van der Waals surface area contributed by atoms with Crippen molar-refractivity contribution in [2.24, 2.45) is 0 Å². The van der Waals surface area contributed by atoms with Crippen LogP contribution in [-0.4, -0.2) is 59.7 Å². The van der Waals surface area contributed by atoms with E-state index in [-0.39, 0.29) is 37.2 Å². The maximum absolute atomic E-state index is 13.1. The number of nitrogens with zero attached hydrogens (tertiary/aromatic N) is 4. The fourth-order valence-electron chi connectivity index (χ4n) is 3.73.